The second kappa shape index (κ2) is 6.75. The highest BCUT2D eigenvalue weighted by Crippen LogP contribution is 2.35. The molecule has 4 heteroatoms. The van der Waals surface area contributed by atoms with E-state index in [9.17, 15) is 0 Å². The van der Waals surface area contributed by atoms with E-state index in [1.807, 2.05) is 11.8 Å². The summed E-state index contributed by atoms with van der Waals surface area (Å²) in [6.07, 6.45) is 9.62. The van der Waals surface area contributed by atoms with Gasteiger partial charge in [0.15, 0.2) is 5.17 Å². The van der Waals surface area contributed by atoms with Gasteiger partial charge in [-0.1, -0.05) is 31.5 Å². The van der Waals surface area contributed by atoms with Gasteiger partial charge in [0.25, 0.3) is 0 Å². The molecular formula is C15H26N2S2. The summed E-state index contributed by atoms with van der Waals surface area (Å²) in [6.45, 7) is 2.27. The van der Waals surface area contributed by atoms with E-state index in [2.05, 4.69) is 24.0 Å². The number of nitrogens with zero attached hydrogens (tertiary/aromatic N) is 1. The summed E-state index contributed by atoms with van der Waals surface area (Å²) < 4.78 is 0. The fourth-order valence-corrected chi connectivity index (χ4v) is 6.00. The molecule has 0 spiro atoms. The van der Waals surface area contributed by atoms with Gasteiger partial charge in [-0.3, -0.25) is 4.99 Å². The Kier molecular flexibility index (Phi) is 5.02. The number of thioether (sulfide) groups is 2. The second-order valence-corrected chi connectivity index (χ2v) is 8.67. The lowest BCUT2D eigenvalue weighted by molar-refractivity contribution is 0.335. The zero-order valence-corrected chi connectivity index (χ0v) is 13.6. The summed E-state index contributed by atoms with van der Waals surface area (Å²) in [5.41, 5.74) is 0. The maximum atomic E-state index is 5.00. The molecule has 2 fully saturated rings. The van der Waals surface area contributed by atoms with Crippen LogP contribution < -0.4 is 5.32 Å². The van der Waals surface area contributed by atoms with Gasteiger partial charge in [-0.25, -0.2) is 0 Å². The van der Waals surface area contributed by atoms with E-state index in [4.69, 9.17) is 4.99 Å². The lowest BCUT2D eigenvalue weighted by Gasteiger charge is -2.33. The third-order valence-corrected chi connectivity index (χ3v) is 7.03. The number of fused-ring (bicyclic) bond motifs is 1. The van der Waals surface area contributed by atoms with Crippen molar-refractivity contribution in [2.24, 2.45) is 10.9 Å². The standard InChI is InChI=1S/C15H26N2S2/c1-2-18-13-8-7-12(9-13)16-15-17-14-6-4-3-5-11(14)10-19-15/h11-14H,2-10H2,1H3,(H,16,17). The van der Waals surface area contributed by atoms with Crippen molar-refractivity contribution in [3.63, 3.8) is 0 Å². The van der Waals surface area contributed by atoms with Crippen LogP contribution in [0.4, 0.5) is 0 Å². The number of rotatable bonds is 3. The van der Waals surface area contributed by atoms with Crippen LogP contribution in [0.5, 0.6) is 0 Å². The topological polar surface area (TPSA) is 24.4 Å². The van der Waals surface area contributed by atoms with Crippen molar-refractivity contribution in [2.45, 2.75) is 69.2 Å². The van der Waals surface area contributed by atoms with Crippen molar-refractivity contribution >= 4 is 28.7 Å². The molecule has 2 saturated carbocycles. The minimum atomic E-state index is 0.639. The predicted molar refractivity (Wildman–Crippen MR) is 88.3 cm³/mol. The zero-order valence-electron chi connectivity index (χ0n) is 11.9. The molecule has 0 aromatic rings. The SMILES string of the molecule is CCSC1CCC(NC2=NC3CCCCC3CS2)C1. The van der Waals surface area contributed by atoms with Gasteiger partial charge in [0.1, 0.15) is 0 Å². The van der Waals surface area contributed by atoms with Crippen molar-refractivity contribution in [3.05, 3.63) is 0 Å². The lowest BCUT2D eigenvalue weighted by Crippen LogP contribution is -2.38. The molecule has 0 radical (unpaired) electrons. The Balaban J connectivity index is 1.51. The number of hydrogen-bond acceptors (Lipinski definition) is 4. The fraction of sp³-hybridized carbons (Fsp3) is 0.933. The van der Waals surface area contributed by atoms with Gasteiger partial charge >= 0.3 is 0 Å². The number of amidine groups is 1. The summed E-state index contributed by atoms with van der Waals surface area (Å²) in [6, 6.07) is 1.33. The third-order valence-electron chi connectivity index (χ3n) is 4.70. The predicted octanol–water partition coefficient (Wildman–Crippen LogP) is 3.91. The van der Waals surface area contributed by atoms with Crippen molar-refractivity contribution in [3.8, 4) is 0 Å². The Morgan fingerprint density at radius 1 is 1.26 bits per heavy atom. The molecule has 0 aromatic carbocycles. The van der Waals surface area contributed by atoms with E-state index in [1.54, 1.807) is 0 Å². The van der Waals surface area contributed by atoms with E-state index in [0.29, 0.717) is 12.1 Å². The maximum absolute atomic E-state index is 5.00. The van der Waals surface area contributed by atoms with E-state index >= 15 is 0 Å². The molecule has 4 atom stereocenters. The van der Waals surface area contributed by atoms with Crippen LogP contribution in [-0.4, -0.2) is 34.0 Å². The zero-order chi connectivity index (χ0) is 13.1. The lowest BCUT2D eigenvalue weighted by atomic mass is 9.86. The van der Waals surface area contributed by atoms with Gasteiger partial charge in [0.05, 0.1) is 6.04 Å². The Hall–Kier alpha value is 0.170. The average Bonchev–Trinajstić information content (AvgIpc) is 2.86. The molecule has 19 heavy (non-hydrogen) atoms. The summed E-state index contributed by atoms with van der Waals surface area (Å²) in [5.74, 6) is 3.43. The van der Waals surface area contributed by atoms with E-state index in [-0.39, 0.29) is 0 Å². The van der Waals surface area contributed by atoms with Gasteiger partial charge in [0.2, 0.25) is 0 Å². The summed E-state index contributed by atoms with van der Waals surface area (Å²) in [4.78, 5) is 5.00. The third kappa shape index (κ3) is 3.63. The number of aliphatic imine (C=N–C) groups is 1. The van der Waals surface area contributed by atoms with E-state index in [0.717, 1.165) is 11.2 Å². The maximum Gasteiger partial charge on any atom is 0.157 e. The first-order valence-electron chi connectivity index (χ1n) is 7.94. The molecule has 1 heterocycles. The van der Waals surface area contributed by atoms with Gasteiger partial charge < -0.3 is 5.32 Å². The molecule has 1 N–H and O–H groups in total. The molecule has 2 nitrogen and oxygen atoms in total. The van der Waals surface area contributed by atoms with Crippen LogP contribution in [0.3, 0.4) is 0 Å². The molecule has 4 unspecified atom stereocenters. The Bertz CT molecular complexity index is 332. The fourth-order valence-electron chi connectivity index (χ4n) is 3.64. The van der Waals surface area contributed by atoms with Crippen molar-refractivity contribution < 1.29 is 0 Å². The minimum Gasteiger partial charge on any atom is -0.362 e. The van der Waals surface area contributed by atoms with Crippen LogP contribution in [0.25, 0.3) is 0 Å². The first-order chi connectivity index (χ1) is 9.35. The molecule has 1 aliphatic heterocycles. The van der Waals surface area contributed by atoms with Crippen LogP contribution >= 0.6 is 23.5 Å². The minimum absolute atomic E-state index is 0.639. The average molecular weight is 299 g/mol. The van der Waals surface area contributed by atoms with Crippen LogP contribution in [0.1, 0.15) is 51.9 Å². The van der Waals surface area contributed by atoms with Crippen molar-refractivity contribution in [1.82, 2.24) is 5.32 Å². The highest BCUT2D eigenvalue weighted by molar-refractivity contribution is 8.13. The smallest absolute Gasteiger partial charge is 0.157 e. The van der Waals surface area contributed by atoms with Gasteiger partial charge in [-0.15, -0.1) is 0 Å². The summed E-state index contributed by atoms with van der Waals surface area (Å²) in [7, 11) is 0. The highest BCUT2D eigenvalue weighted by atomic mass is 32.2. The molecule has 0 aromatic heterocycles. The van der Waals surface area contributed by atoms with Gasteiger partial charge in [-0.05, 0) is 43.8 Å². The Labute approximate surface area is 126 Å². The van der Waals surface area contributed by atoms with Gasteiger partial charge in [-0.2, -0.15) is 11.8 Å². The molecule has 0 saturated heterocycles. The Morgan fingerprint density at radius 2 is 2.16 bits per heavy atom. The molecule has 0 bridgehead atoms. The largest absolute Gasteiger partial charge is 0.362 e. The van der Waals surface area contributed by atoms with Crippen LogP contribution in [0, 0.1) is 5.92 Å². The first-order valence-corrected chi connectivity index (χ1v) is 9.97. The Morgan fingerprint density at radius 3 is 3.05 bits per heavy atom. The second-order valence-electron chi connectivity index (χ2n) is 6.09. The molecule has 3 rings (SSSR count). The van der Waals surface area contributed by atoms with Crippen molar-refractivity contribution in [1.29, 1.82) is 0 Å². The number of nitrogens with one attached hydrogen (secondary N) is 1. The van der Waals surface area contributed by atoms with Crippen LogP contribution in [0.2, 0.25) is 0 Å². The summed E-state index contributed by atoms with van der Waals surface area (Å²) >= 11 is 4.12. The normalized spacial score (nSPS) is 38.7. The molecule has 2 aliphatic carbocycles. The first kappa shape index (κ1) is 14.1. The van der Waals surface area contributed by atoms with E-state index in [1.165, 1.54) is 61.6 Å². The van der Waals surface area contributed by atoms with Crippen molar-refractivity contribution in [2.75, 3.05) is 11.5 Å². The van der Waals surface area contributed by atoms with E-state index < -0.39 is 0 Å². The molecule has 3 aliphatic rings. The van der Waals surface area contributed by atoms with Crippen LogP contribution in [0.15, 0.2) is 4.99 Å². The number of hydrogen-bond donors (Lipinski definition) is 1. The molecule has 0 amide bonds. The molecule has 108 valence electrons. The van der Waals surface area contributed by atoms with Gasteiger partial charge in [0, 0.05) is 17.0 Å². The quantitative estimate of drug-likeness (QED) is 0.855. The monoisotopic (exact) mass is 298 g/mol. The summed E-state index contributed by atoms with van der Waals surface area (Å²) in [5, 5.41) is 5.89. The molecular weight excluding hydrogens is 272 g/mol. The highest BCUT2D eigenvalue weighted by Gasteiger charge is 2.31. The van der Waals surface area contributed by atoms with Crippen LogP contribution in [-0.2, 0) is 0 Å².